The third kappa shape index (κ3) is 6.27. The summed E-state index contributed by atoms with van der Waals surface area (Å²) in [5, 5.41) is 0. The summed E-state index contributed by atoms with van der Waals surface area (Å²) >= 11 is 0. The van der Waals surface area contributed by atoms with E-state index in [1.807, 2.05) is 51.1 Å². The first-order valence-corrected chi connectivity index (χ1v) is 9.24. The van der Waals surface area contributed by atoms with E-state index in [-0.39, 0.29) is 30.7 Å². The molecule has 1 aliphatic heterocycles. The maximum Gasteiger partial charge on any atom is 0.410 e. The highest BCUT2D eigenvalue weighted by molar-refractivity contribution is 5.94. The molecule has 1 saturated heterocycles. The molecule has 7 heteroatoms. The Kier molecular flexibility index (Phi) is 6.82. The number of amides is 3. The largest absolute Gasteiger partial charge is 0.444 e. The van der Waals surface area contributed by atoms with Gasteiger partial charge in [-0.3, -0.25) is 9.59 Å². The second-order valence-electron chi connectivity index (χ2n) is 7.64. The molecule has 0 radical (unpaired) electrons. The minimum Gasteiger partial charge on any atom is -0.444 e. The van der Waals surface area contributed by atoms with E-state index >= 15 is 0 Å². The summed E-state index contributed by atoms with van der Waals surface area (Å²) in [4.78, 5) is 41.6. The topological polar surface area (TPSA) is 70.2 Å². The number of ether oxygens (including phenoxy) is 1. The van der Waals surface area contributed by atoms with Crippen molar-refractivity contribution in [3.8, 4) is 0 Å². The summed E-state index contributed by atoms with van der Waals surface area (Å²) in [6, 6.07) is 9.34. The van der Waals surface area contributed by atoms with Crippen LogP contribution in [0.4, 0.5) is 10.5 Å². The van der Waals surface area contributed by atoms with Gasteiger partial charge in [0.1, 0.15) is 5.60 Å². The molecule has 27 heavy (non-hydrogen) atoms. The smallest absolute Gasteiger partial charge is 0.410 e. The Bertz CT molecular complexity index is 662. The number of hydrogen-bond donors (Lipinski definition) is 0. The molecule has 0 N–H and O–H groups in total. The zero-order valence-electron chi connectivity index (χ0n) is 16.6. The van der Waals surface area contributed by atoms with E-state index in [0.29, 0.717) is 26.2 Å². The average Bonchev–Trinajstić information content (AvgIpc) is 2.64. The van der Waals surface area contributed by atoms with Crippen LogP contribution in [0.5, 0.6) is 0 Å². The minimum atomic E-state index is -0.533. The van der Waals surface area contributed by atoms with Crippen molar-refractivity contribution in [2.75, 3.05) is 38.1 Å². The summed E-state index contributed by atoms with van der Waals surface area (Å²) < 4.78 is 5.35. The number of nitrogens with zero attached hydrogens (tertiary/aromatic N) is 3. The molecule has 148 valence electrons. The molecule has 1 aromatic rings. The van der Waals surface area contributed by atoms with Crippen LogP contribution >= 0.6 is 0 Å². The summed E-state index contributed by atoms with van der Waals surface area (Å²) in [7, 11) is 1.71. The van der Waals surface area contributed by atoms with Gasteiger partial charge in [0.15, 0.2) is 0 Å². The molecular weight excluding hydrogens is 346 g/mol. The van der Waals surface area contributed by atoms with Gasteiger partial charge in [0.25, 0.3) is 0 Å². The summed E-state index contributed by atoms with van der Waals surface area (Å²) in [6.45, 7) is 7.29. The van der Waals surface area contributed by atoms with Crippen LogP contribution in [0.15, 0.2) is 30.3 Å². The summed E-state index contributed by atoms with van der Waals surface area (Å²) in [5.74, 6) is -0.157. The van der Waals surface area contributed by atoms with Gasteiger partial charge in [-0.2, -0.15) is 0 Å². The van der Waals surface area contributed by atoms with E-state index in [2.05, 4.69) is 0 Å². The molecule has 1 heterocycles. The van der Waals surface area contributed by atoms with Crippen LogP contribution in [-0.4, -0.2) is 66.5 Å². The fourth-order valence-electron chi connectivity index (χ4n) is 2.80. The second-order valence-corrected chi connectivity index (χ2v) is 7.64. The lowest BCUT2D eigenvalue weighted by molar-refractivity contribution is -0.134. The molecule has 0 aliphatic carbocycles. The number of hydrogen-bond acceptors (Lipinski definition) is 4. The van der Waals surface area contributed by atoms with Crippen molar-refractivity contribution in [2.45, 2.75) is 39.2 Å². The minimum absolute atomic E-state index is 0.0614. The first kappa shape index (κ1) is 20.7. The molecule has 1 aliphatic rings. The van der Waals surface area contributed by atoms with Crippen molar-refractivity contribution in [2.24, 2.45) is 0 Å². The predicted octanol–water partition coefficient (Wildman–Crippen LogP) is 2.51. The van der Waals surface area contributed by atoms with Gasteiger partial charge in [-0.05, 0) is 32.9 Å². The number of carbonyl (C=O) groups excluding carboxylic acids is 3. The fraction of sp³-hybridized carbons (Fsp3) is 0.550. The highest BCUT2D eigenvalue weighted by Crippen LogP contribution is 2.15. The third-order valence-corrected chi connectivity index (χ3v) is 4.35. The van der Waals surface area contributed by atoms with E-state index in [9.17, 15) is 14.4 Å². The number of rotatable bonds is 4. The molecule has 2 rings (SSSR count). The Morgan fingerprint density at radius 1 is 0.963 bits per heavy atom. The van der Waals surface area contributed by atoms with Gasteiger partial charge in [-0.1, -0.05) is 18.2 Å². The Morgan fingerprint density at radius 2 is 1.52 bits per heavy atom. The van der Waals surface area contributed by atoms with Crippen molar-refractivity contribution in [1.29, 1.82) is 0 Å². The summed E-state index contributed by atoms with van der Waals surface area (Å²) in [5.41, 5.74) is 0.274. The van der Waals surface area contributed by atoms with Gasteiger partial charge < -0.3 is 19.4 Å². The Hall–Kier alpha value is -2.57. The van der Waals surface area contributed by atoms with Gasteiger partial charge in [0.05, 0.1) is 0 Å². The molecule has 7 nitrogen and oxygen atoms in total. The molecule has 0 bridgehead atoms. The Balaban J connectivity index is 1.76. The van der Waals surface area contributed by atoms with Crippen LogP contribution in [0.2, 0.25) is 0 Å². The Morgan fingerprint density at radius 3 is 2.07 bits per heavy atom. The molecule has 1 aromatic carbocycles. The van der Waals surface area contributed by atoms with E-state index < -0.39 is 5.60 Å². The monoisotopic (exact) mass is 375 g/mol. The lowest BCUT2D eigenvalue weighted by atomic mass is 10.2. The van der Waals surface area contributed by atoms with Crippen LogP contribution in [0.3, 0.4) is 0 Å². The van der Waals surface area contributed by atoms with Gasteiger partial charge in [-0.25, -0.2) is 4.79 Å². The first-order chi connectivity index (χ1) is 12.7. The molecular formula is C20H29N3O4. The number of para-hydroxylation sites is 1. The molecule has 0 spiro atoms. The van der Waals surface area contributed by atoms with Gasteiger partial charge in [0, 0.05) is 51.8 Å². The van der Waals surface area contributed by atoms with Gasteiger partial charge >= 0.3 is 6.09 Å². The molecule has 3 amide bonds. The van der Waals surface area contributed by atoms with Crippen molar-refractivity contribution >= 4 is 23.6 Å². The van der Waals surface area contributed by atoms with E-state index in [0.717, 1.165) is 5.69 Å². The van der Waals surface area contributed by atoms with E-state index in [1.54, 1.807) is 21.7 Å². The SMILES string of the molecule is CN(C(=O)CCC(=O)N1CCN(C(=O)OC(C)(C)C)CC1)c1ccccc1. The maximum absolute atomic E-state index is 12.4. The highest BCUT2D eigenvalue weighted by Gasteiger charge is 2.27. The zero-order chi connectivity index (χ0) is 20.0. The second kappa shape index (κ2) is 8.88. The number of carbonyl (C=O) groups is 3. The fourth-order valence-corrected chi connectivity index (χ4v) is 2.80. The molecule has 0 atom stereocenters. The van der Waals surface area contributed by atoms with Crippen molar-refractivity contribution in [3.05, 3.63) is 30.3 Å². The molecule has 0 unspecified atom stereocenters. The Labute approximate surface area is 160 Å². The zero-order valence-corrected chi connectivity index (χ0v) is 16.6. The number of benzene rings is 1. The number of anilines is 1. The number of piperazine rings is 1. The lowest BCUT2D eigenvalue weighted by Gasteiger charge is -2.35. The average molecular weight is 375 g/mol. The van der Waals surface area contributed by atoms with Crippen LogP contribution in [-0.2, 0) is 14.3 Å². The summed E-state index contributed by atoms with van der Waals surface area (Å²) in [6.07, 6.45) is -0.0202. The van der Waals surface area contributed by atoms with Crippen LogP contribution in [0.1, 0.15) is 33.6 Å². The maximum atomic E-state index is 12.4. The van der Waals surface area contributed by atoms with Crippen LogP contribution < -0.4 is 4.90 Å². The molecule has 1 fully saturated rings. The normalized spacial score (nSPS) is 14.7. The van der Waals surface area contributed by atoms with Gasteiger partial charge in [-0.15, -0.1) is 0 Å². The third-order valence-electron chi connectivity index (χ3n) is 4.35. The lowest BCUT2D eigenvalue weighted by Crippen LogP contribution is -2.51. The van der Waals surface area contributed by atoms with Crippen molar-refractivity contribution in [3.63, 3.8) is 0 Å². The van der Waals surface area contributed by atoms with Gasteiger partial charge in [0.2, 0.25) is 11.8 Å². The van der Waals surface area contributed by atoms with Crippen LogP contribution in [0.25, 0.3) is 0 Å². The van der Waals surface area contributed by atoms with Crippen molar-refractivity contribution < 1.29 is 19.1 Å². The molecule has 0 saturated carbocycles. The molecule has 0 aromatic heterocycles. The quantitative estimate of drug-likeness (QED) is 0.811. The predicted molar refractivity (Wildman–Crippen MR) is 103 cm³/mol. The first-order valence-electron chi connectivity index (χ1n) is 9.24. The van der Waals surface area contributed by atoms with E-state index in [1.165, 1.54) is 0 Å². The van der Waals surface area contributed by atoms with Crippen LogP contribution in [0, 0.1) is 0 Å². The van der Waals surface area contributed by atoms with E-state index in [4.69, 9.17) is 4.74 Å². The van der Waals surface area contributed by atoms with Crippen molar-refractivity contribution in [1.82, 2.24) is 9.80 Å². The highest BCUT2D eigenvalue weighted by atomic mass is 16.6. The standard InChI is InChI=1S/C20H29N3O4/c1-20(2,3)27-19(26)23-14-12-22(13-15-23)18(25)11-10-17(24)21(4)16-8-6-5-7-9-16/h5-9H,10-15H2,1-4H3.